The van der Waals surface area contributed by atoms with Gasteiger partial charge in [0.15, 0.2) is 0 Å². The Morgan fingerprint density at radius 1 is 0.882 bits per heavy atom. The number of aryl methyl sites for hydroxylation is 3. The molecule has 0 spiro atoms. The van der Waals surface area contributed by atoms with E-state index in [2.05, 4.69) is 28.1 Å². The molecule has 0 N–H and O–H groups in total. The van der Waals surface area contributed by atoms with Crippen LogP contribution in [-0.2, 0) is 6.54 Å². The van der Waals surface area contributed by atoms with Crippen LogP contribution in [0, 0.1) is 32.1 Å². The second kappa shape index (κ2) is 10.5. The van der Waals surface area contributed by atoms with Crippen LogP contribution in [0.4, 0.5) is 0 Å². The molecule has 5 heteroatoms. The Hall–Kier alpha value is -3.62. The van der Waals surface area contributed by atoms with Crippen LogP contribution >= 0.6 is 15.9 Å². The van der Waals surface area contributed by atoms with E-state index in [1.54, 1.807) is 11.5 Å². The molecule has 0 atom stereocenters. The van der Waals surface area contributed by atoms with Crippen molar-refractivity contribution in [3.8, 4) is 28.8 Å². The minimum Gasteiger partial charge on any atom is -0.457 e. The third kappa shape index (κ3) is 5.30. The number of hydrogen-bond acceptors (Lipinski definition) is 3. The lowest BCUT2D eigenvalue weighted by atomic mass is 10.0. The molecule has 172 valence electrons. The molecule has 0 saturated heterocycles. The topological polar surface area (TPSA) is 55.0 Å². The maximum absolute atomic E-state index is 13.2. The second-order valence-corrected chi connectivity index (χ2v) is 9.02. The summed E-state index contributed by atoms with van der Waals surface area (Å²) < 4.78 is 8.61. The highest BCUT2D eigenvalue weighted by atomic mass is 79.9. The molecule has 4 rings (SSSR count). The number of pyridine rings is 1. The van der Waals surface area contributed by atoms with Gasteiger partial charge in [-0.05, 0) is 97.6 Å². The van der Waals surface area contributed by atoms with E-state index in [0.29, 0.717) is 17.9 Å². The van der Waals surface area contributed by atoms with E-state index in [4.69, 9.17) is 4.74 Å². The molecule has 3 aromatic carbocycles. The van der Waals surface area contributed by atoms with Gasteiger partial charge in [-0.1, -0.05) is 47.1 Å². The van der Waals surface area contributed by atoms with Gasteiger partial charge in [0, 0.05) is 4.47 Å². The Morgan fingerprint density at radius 2 is 1.50 bits per heavy atom. The zero-order valence-corrected chi connectivity index (χ0v) is 20.3. The fourth-order valence-corrected chi connectivity index (χ4v) is 4.09. The number of rotatable bonds is 5. The molecule has 1 heterocycles. The lowest BCUT2D eigenvalue weighted by molar-refractivity contribution is 0.482. The minimum absolute atomic E-state index is 0. The molecule has 34 heavy (non-hydrogen) atoms. The Morgan fingerprint density at radius 3 is 2.09 bits per heavy atom. The highest BCUT2D eigenvalue weighted by Gasteiger charge is 2.15. The first-order chi connectivity index (χ1) is 15.9. The first kappa shape index (κ1) is 25.0. The standard InChI is InChI=1S/C28H23BrN2O2.CH4/c1-18-4-5-22(19(2)14-18)17-31-27(15-20(3)26(16-30)28(31)32)21-6-10-24(11-7-21)33-25-12-8-23(29)9-13-25;/h4-15H,17H2,1-3H3;1H4. The number of nitriles is 1. The van der Waals surface area contributed by atoms with Gasteiger partial charge in [-0.25, -0.2) is 0 Å². The molecule has 0 fully saturated rings. The van der Waals surface area contributed by atoms with Gasteiger partial charge in [0.05, 0.1) is 12.2 Å². The van der Waals surface area contributed by atoms with Gasteiger partial charge in [0.25, 0.3) is 5.56 Å². The fraction of sp³-hybridized carbons (Fsp3) is 0.172. The Kier molecular flexibility index (Phi) is 7.75. The van der Waals surface area contributed by atoms with Gasteiger partial charge in [-0.15, -0.1) is 0 Å². The summed E-state index contributed by atoms with van der Waals surface area (Å²) in [6, 6.07) is 25.5. The number of benzene rings is 3. The summed E-state index contributed by atoms with van der Waals surface area (Å²) in [7, 11) is 0. The number of ether oxygens (including phenoxy) is 1. The zero-order chi connectivity index (χ0) is 23.5. The molecule has 0 aliphatic heterocycles. The van der Waals surface area contributed by atoms with Crippen LogP contribution in [0.5, 0.6) is 11.5 Å². The summed E-state index contributed by atoms with van der Waals surface area (Å²) in [6.45, 7) is 6.29. The van der Waals surface area contributed by atoms with Crippen molar-refractivity contribution in [2.24, 2.45) is 0 Å². The van der Waals surface area contributed by atoms with Crippen molar-refractivity contribution >= 4 is 15.9 Å². The van der Waals surface area contributed by atoms with Crippen molar-refractivity contribution in [1.82, 2.24) is 4.57 Å². The van der Waals surface area contributed by atoms with Crippen molar-refractivity contribution in [2.45, 2.75) is 34.7 Å². The summed E-state index contributed by atoms with van der Waals surface area (Å²) in [5.74, 6) is 1.45. The van der Waals surface area contributed by atoms with Crippen LogP contribution in [-0.4, -0.2) is 4.57 Å². The third-order valence-corrected chi connectivity index (χ3v) is 6.16. The molecular formula is C29H27BrN2O2. The molecule has 0 bridgehead atoms. The predicted octanol–water partition coefficient (Wildman–Crippen LogP) is 7.55. The van der Waals surface area contributed by atoms with Crippen molar-refractivity contribution in [1.29, 1.82) is 5.26 Å². The molecule has 0 radical (unpaired) electrons. The fourth-order valence-electron chi connectivity index (χ4n) is 3.83. The lowest BCUT2D eigenvalue weighted by Crippen LogP contribution is -2.26. The van der Waals surface area contributed by atoms with Crippen LogP contribution in [0.25, 0.3) is 11.3 Å². The van der Waals surface area contributed by atoms with E-state index in [1.165, 1.54) is 5.56 Å². The number of halogens is 1. The number of hydrogen-bond donors (Lipinski definition) is 0. The predicted molar refractivity (Wildman–Crippen MR) is 142 cm³/mol. The van der Waals surface area contributed by atoms with Gasteiger partial charge in [-0.3, -0.25) is 4.79 Å². The second-order valence-electron chi connectivity index (χ2n) is 8.10. The monoisotopic (exact) mass is 514 g/mol. The Bertz CT molecular complexity index is 1410. The maximum atomic E-state index is 13.2. The summed E-state index contributed by atoms with van der Waals surface area (Å²) in [4.78, 5) is 13.2. The average Bonchev–Trinajstić information content (AvgIpc) is 2.79. The minimum atomic E-state index is -0.275. The van der Waals surface area contributed by atoms with Crippen LogP contribution < -0.4 is 10.3 Å². The largest absolute Gasteiger partial charge is 0.457 e. The average molecular weight is 515 g/mol. The lowest BCUT2D eigenvalue weighted by Gasteiger charge is -2.17. The summed E-state index contributed by atoms with van der Waals surface area (Å²) in [5.41, 5.74) is 5.56. The molecular weight excluding hydrogens is 488 g/mol. The first-order valence-corrected chi connectivity index (χ1v) is 11.4. The van der Waals surface area contributed by atoms with E-state index in [0.717, 1.165) is 32.6 Å². The number of nitrogens with zero attached hydrogens (tertiary/aromatic N) is 2. The summed E-state index contributed by atoms with van der Waals surface area (Å²) in [6.07, 6.45) is 0. The van der Waals surface area contributed by atoms with Gasteiger partial charge in [-0.2, -0.15) is 5.26 Å². The van der Waals surface area contributed by atoms with E-state index in [1.807, 2.05) is 80.6 Å². The Labute approximate surface area is 209 Å². The molecule has 0 aliphatic carbocycles. The van der Waals surface area contributed by atoms with Crippen LogP contribution in [0.2, 0.25) is 0 Å². The molecule has 4 aromatic rings. The molecule has 4 nitrogen and oxygen atoms in total. The quantitative estimate of drug-likeness (QED) is 0.276. The van der Waals surface area contributed by atoms with Crippen molar-refractivity contribution in [2.75, 3.05) is 0 Å². The Balaban J connectivity index is 0.00000324. The van der Waals surface area contributed by atoms with E-state index in [-0.39, 0.29) is 18.5 Å². The first-order valence-electron chi connectivity index (χ1n) is 10.6. The molecule has 0 unspecified atom stereocenters. The zero-order valence-electron chi connectivity index (χ0n) is 18.7. The maximum Gasteiger partial charge on any atom is 0.269 e. The van der Waals surface area contributed by atoms with Crippen molar-refractivity contribution < 1.29 is 4.74 Å². The highest BCUT2D eigenvalue weighted by Crippen LogP contribution is 2.28. The van der Waals surface area contributed by atoms with Crippen LogP contribution in [0.3, 0.4) is 0 Å². The van der Waals surface area contributed by atoms with Crippen LogP contribution in [0.1, 0.15) is 35.2 Å². The van der Waals surface area contributed by atoms with E-state index < -0.39 is 0 Å². The molecule has 0 amide bonds. The van der Waals surface area contributed by atoms with Crippen LogP contribution in [0.15, 0.2) is 82.1 Å². The van der Waals surface area contributed by atoms with Gasteiger partial charge < -0.3 is 9.30 Å². The smallest absolute Gasteiger partial charge is 0.269 e. The normalized spacial score (nSPS) is 10.3. The summed E-state index contributed by atoms with van der Waals surface area (Å²) >= 11 is 3.42. The van der Waals surface area contributed by atoms with Crippen molar-refractivity contribution in [3.05, 3.63) is 115 Å². The molecule has 1 aromatic heterocycles. The highest BCUT2D eigenvalue weighted by molar-refractivity contribution is 9.10. The molecule has 0 aliphatic rings. The van der Waals surface area contributed by atoms with Gasteiger partial charge in [0.1, 0.15) is 23.1 Å². The van der Waals surface area contributed by atoms with Gasteiger partial charge in [0.2, 0.25) is 0 Å². The van der Waals surface area contributed by atoms with Crippen molar-refractivity contribution in [3.63, 3.8) is 0 Å². The van der Waals surface area contributed by atoms with Gasteiger partial charge >= 0.3 is 0 Å². The van der Waals surface area contributed by atoms with E-state index in [9.17, 15) is 10.1 Å². The SMILES string of the molecule is C.Cc1ccc(Cn2c(-c3ccc(Oc4ccc(Br)cc4)cc3)cc(C)c(C#N)c2=O)c(C)c1. The third-order valence-electron chi connectivity index (χ3n) is 5.64. The number of aromatic nitrogens is 1. The van der Waals surface area contributed by atoms with E-state index >= 15 is 0 Å². The summed E-state index contributed by atoms with van der Waals surface area (Å²) in [5, 5.41) is 9.55. The molecule has 0 saturated carbocycles.